The van der Waals surface area contributed by atoms with E-state index in [9.17, 15) is 4.39 Å². The van der Waals surface area contributed by atoms with Gasteiger partial charge in [-0.05, 0) is 110 Å². The number of aromatic nitrogens is 1. The molecule has 6 nitrogen and oxygen atoms in total. The Morgan fingerprint density at radius 1 is 0.922 bits per heavy atom. The fraction of sp³-hybridized carbons (Fsp3) is 0.488. The van der Waals surface area contributed by atoms with Crippen LogP contribution in [0.2, 0.25) is 0 Å². The third-order valence-electron chi connectivity index (χ3n) is 11.5. The maximum atomic E-state index is 14.5. The standard InChI is InChI=1S/C43H58FN5OS/c1-31(45-51(6,7)48-20-12-9-13-21-48)34-16-18-39-40(28-34)49-29-36(32(2)47-24-22-46(23-25-47)30-43(3,4)44)26-35-27-37(50-5)17-19-38(35)42(49)41(39)33-14-10-8-11-15-33/h16-19,26-28,33,45H,1-2,6-15,20-25,29-30H2,3-5H3. The molecular formula is C43H58FN5OS. The molecule has 0 radical (unpaired) electrons. The lowest BCUT2D eigenvalue weighted by atomic mass is 9.81. The maximum absolute atomic E-state index is 14.5. The smallest absolute Gasteiger partial charge is 0.119 e. The summed E-state index contributed by atoms with van der Waals surface area (Å²) < 4.78 is 29.0. The van der Waals surface area contributed by atoms with E-state index in [1.54, 1.807) is 21.0 Å². The first-order chi connectivity index (χ1) is 24.4. The molecule has 8 heteroatoms. The van der Waals surface area contributed by atoms with E-state index in [1.807, 2.05) is 0 Å². The SMILES string of the molecule is C=C(NS(=C)(=C)N1CCCCC1)c1ccc2c(C3CCCCC3)c3n(c2c1)CC(C(=C)N1CCN(CC(C)(C)F)CC1)=Cc1cc(OC)ccc1-3. The van der Waals surface area contributed by atoms with E-state index in [2.05, 4.69) is 84.2 Å². The fourth-order valence-electron chi connectivity index (χ4n) is 8.88. The molecule has 1 aliphatic carbocycles. The highest BCUT2D eigenvalue weighted by Crippen LogP contribution is 2.48. The van der Waals surface area contributed by atoms with E-state index < -0.39 is 15.2 Å². The molecule has 1 aromatic heterocycles. The Morgan fingerprint density at radius 2 is 1.63 bits per heavy atom. The first-order valence-corrected chi connectivity index (χ1v) is 21.0. The molecule has 0 spiro atoms. The molecule has 0 unspecified atom stereocenters. The minimum Gasteiger partial charge on any atom is -0.497 e. The van der Waals surface area contributed by atoms with Crippen LogP contribution in [0.3, 0.4) is 0 Å². The normalized spacial score (nSPS) is 19.6. The first-order valence-electron chi connectivity index (χ1n) is 19.0. The number of ether oxygens (including phenoxy) is 1. The van der Waals surface area contributed by atoms with Gasteiger partial charge < -0.3 is 18.9 Å². The van der Waals surface area contributed by atoms with Crippen molar-refractivity contribution in [2.24, 2.45) is 0 Å². The summed E-state index contributed by atoms with van der Waals surface area (Å²) in [6.45, 7) is 19.1. The average molecular weight is 712 g/mol. The molecule has 3 fully saturated rings. The van der Waals surface area contributed by atoms with Crippen LogP contribution in [0.1, 0.15) is 87.8 Å². The van der Waals surface area contributed by atoms with Crippen LogP contribution in [0.5, 0.6) is 5.75 Å². The molecule has 51 heavy (non-hydrogen) atoms. The predicted molar refractivity (Wildman–Crippen MR) is 219 cm³/mol. The number of allylic oxidation sites excluding steroid dienone is 1. The zero-order valence-corrected chi connectivity index (χ0v) is 32.1. The molecular weight excluding hydrogens is 654 g/mol. The molecule has 1 N–H and O–H groups in total. The largest absolute Gasteiger partial charge is 0.497 e. The van der Waals surface area contributed by atoms with Crippen molar-refractivity contribution in [2.75, 3.05) is 52.9 Å². The van der Waals surface area contributed by atoms with Crippen molar-refractivity contribution in [3.05, 3.63) is 77.5 Å². The lowest BCUT2D eigenvalue weighted by molar-refractivity contribution is 0.0882. The van der Waals surface area contributed by atoms with Gasteiger partial charge in [0.15, 0.2) is 0 Å². The van der Waals surface area contributed by atoms with Gasteiger partial charge in [-0.25, -0.2) is 8.70 Å². The Labute approximate surface area is 306 Å². The summed E-state index contributed by atoms with van der Waals surface area (Å²) in [6, 6.07) is 13.5. The first kappa shape index (κ1) is 35.9. The van der Waals surface area contributed by atoms with Gasteiger partial charge in [0.1, 0.15) is 11.4 Å². The number of nitrogens with zero attached hydrogens (tertiary/aromatic N) is 4. The molecule has 0 atom stereocenters. The molecule has 2 aromatic carbocycles. The van der Waals surface area contributed by atoms with Crippen LogP contribution < -0.4 is 9.46 Å². The summed E-state index contributed by atoms with van der Waals surface area (Å²) in [7, 11) is 0.0447. The van der Waals surface area contributed by atoms with Gasteiger partial charge in [-0.15, -0.1) is 0 Å². The van der Waals surface area contributed by atoms with Crippen LogP contribution in [0, 0.1) is 0 Å². The number of piperazine rings is 1. The second-order valence-corrected chi connectivity index (χ2v) is 18.3. The van der Waals surface area contributed by atoms with Crippen molar-refractivity contribution in [3.8, 4) is 17.0 Å². The number of hydrogen-bond donors (Lipinski definition) is 1. The number of rotatable bonds is 10. The number of fused-ring (bicyclic) bond motifs is 5. The Hall–Kier alpha value is -3.46. The highest BCUT2D eigenvalue weighted by atomic mass is 32.2. The summed E-state index contributed by atoms with van der Waals surface area (Å²) in [5, 5.41) is 1.34. The summed E-state index contributed by atoms with van der Waals surface area (Å²) in [5.74, 6) is 10.5. The number of methoxy groups -OCH3 is 1. The van der Waals surface area contributed by atoms with Crippen LogP contribution in [-0.4, -0.2) is 89.0 Å². The second-order valence-electron chi connectivity index (χ2n) is 15.9. The molecule has 7 rings (SSSR count). The number of piperidine rings is 1. The zero-order chi connectivity index (χ0) is 35.9. The van der Waals surface area contributed by atoms with Crippen LogP contribution >= 0.6 is 9.58 Å². The summed E-state index contributed by atoms with van der Waals surface area (Å²) >= 11 is 0. The highest BCUT2D eigenvalue weighted by molar-refractivity contribution is 8.24. The Balaban J connectivity index is 1.30. The Bertz CT molecular complexity index is 1930. The van der Waals surface area contributed by atoms with Gasteiger partial charge in [0.2, 0.25) is 0 Å². The van der Waals surface area contributed by atoms with Crippen molar-refractivity contribution < 1.29 is 9.13 Å². The van der Waals surface area contributed by atoms with E-state index in [0.717, 1.165) is 67.5 Å². The molecule has 2 saturated heterocycles. The lowest BCUT2D eigenvalue weighted by Crippen LogP contribution is -2.49. The molecule has 3 aliphatic heterocycles. The van der Waals surface area contributed by atoms with Crippen LogP contribution in [0.4, 0.5) is 4.39 Å². The molecule has 0 bridgehead atoms. The highest BCUT2D eigenvalue weighted by Gasteiger charge is 2.31. The van der Waals surface area contributed by atoms with Crippen molar-refractivity contribution in [2.45, 2.75) is 83.3 Å². The van der Waals surface area contributed by atoms with Gasteiger partial charge >= 0.3 is 0 Å². The molecule has 3 aromatic rings. The number of nitrogens with one attached hydrogen (secondary N) is 1. The van der Waals surface area contributed by atoms with Crippen LogP contribution in [0.15, 0.2) is 60.8 Å². The third-order valence-corrected chi connectivity index (χ3v) is 13.5. The van der Waals surface area contributed by atoms with Crippen molar-refractivity contribution in [1.29, 1.82) is 0 Å². The Kier molecular flexibility index (Phi) is 10.2. The van der Waals surface area contributed by atoms with E-state index in [0.29, 0.717) is 19.0 Å². The third kappa shape index (κ3) is 7.56. The van der Waals surface area contributed by atoms with Gasteiger partial charge in [-0.3, -0.25) is 4.90 Å². The molecule has 4 heterocycles. The number of halogens is 1. The van der Waals surface area contributed by atoms with Gasteiger partial charge in [-0.1, -0.05) is 60.6 Å². The second kappa shape index (κ2) is 14.5. The monoisotopic (exact) mass is 711 g/mol. The van der Waals surface area contributed by atoms with Crippen molar-refractivity contribution >= 4 is 44.0 Å². The topological polar surface area (TPSA) is 35.9 Å². The van der Waals surface area contributed by atoms with Crippen LogP contribution in [0.25, 0.3) is 33.9 Å². The summed E-state index contributed by atoms with van der Waals surface area (Å²) in [4.78, 5) is 4.63. The maximum Gasteiger partial charge on any atom is 0.119 e. The zero-order valence-electron chi connectivity index (χ0n) is 31.2. The van der Waals surface area contributed by atoms with Crippen LogP contribution in [-0.2, 0) is 6.54 Å². The minimum absolute atomic E-state index is 0.456. The van der Waals surface area contributed by atoms with Gasteiger partial charge in [0.25, 0.3) is 0 Å². The van der Waals surface area contributed by atoms with Gasteiger partial charge in [0.05, 0.1) is 19.3 Å². The van der Waals surface area contributed by atoms with E-state index in [1.165, 1.54) is 84.7 Å². The fourth-order valence-corrected chi connectivity index (χ4v) is 10.5. The average Bonchev–Trinajstić information content (AvgIpc) is 3.33. The molecule has 1 saturated carbocycles. The molecule has 4 aliphatic rings. The van der Waals surface area contributed by atoms with Crippen molar-refractivity contribution in [1.82, 2.24) is 23.4 Å². The summed E-state index contributed by atoms with van der Waals surface area (Å²) in [6.07, 6.45) is 12.3. The predicted octanol–water partition coefficient (Wildman–Crippen LogP) is 9.19. The number of benzene rings is 2. The van der Waals surface area contributed by atoms with Crippen molar-refractivity contribution in [3.63, 3.8) is 0 Å². The van der Waals surface area contributed by atoms with E-state index in [4.69, 9.17) is 11.3 Å². The van der Waals surface area contributed by atoms with Gasteiger partial charge in [-0.2, -0.15) is 0 Å². The minimum atomic E-state index is -1.70. The van der Waals surface area contributed by atoms with E-state index in [-0.39, 0.29) is 0 Å². The quantitative estimate of drug-likeness (QED) is 0.212. The lowest BCUT2D eigenvalue weighted by Gasteiger charge is -2.39. The van der Waals surface area contributed by atoms with E-state index >= 15 is 0 Å². The Morgan fingerprint density at radius 3 is 2.31 bits per heavy atom. The summed E-state index contributed by atoms with van der Waals surface area (Å²) in [5.41, 5.74) is 9.43. The number of hydrogen-bond acceptors (Lipinski definition) is 5. The molecule has 0 amide bonds. The molecule has 274 valence electrons. The van der Waals surface area contributed by atoms with Gasteiger partial charge in [0, 0.05) is 73.7 Å². The number of alkyl halides is 1.